The van der Waals surface area contributed by atoms with Crippen molar-refractivity contribution < 1.29 is 9.47 Å². The van der Waals surface area contributed by atoms with Crippen molar-refractivity contribution in [3.8, 4) is 0 Å². The maximum absolute atomic E-state index is 5.32. The molecule has 0 radical (unpaired) electrons. The fourth-order valence-corrected chi connectivity index (χ4v) is 17.8. The Hall–Kier alpha value is 0.299. The third-order valence-electron chi connectivity index (χ3n) is 4.11. The van der Waals surface area contributed by atoms with Crippen molar-refractivity contribution in [3.05, 3.63) is 12.3 Å². The quantitative estimate of drug-likeness (QED) is 0.157. The van der Waals surface area contributed by atoms with Crippen LogP contribution in [0.2, 0.25) is 17.7 Å². The number of hydrogen-bond donors (Lipinski definition) is 0. The summed E-state index contributed by atoms with van der Waals surface area (Å²) in [5, 5.41) is 0. The zero-order chi connectivity index (χ0) is 15.1. The van der Waals surface area contributed by atoms with E-state index >= 15 is 0 Å². The van der Waals surface area contributed by atoms with E-state index in [0.29, 0.717) is 6.79 Å². The number of methoxy groups -OCH3 is 1. The molecule has 0 aliphatic carbocycles. The first-order valence-corrected chi connectivity index (χ1v) is 16.6. The predicted molar refractivity (Wildman–Crippen MR) is 91.8 cm³/mol. The summed E-state index contributed by atoms with van der Waals surface area (Å²) in [5.74, 6) is 0. The molecule has 0 unspecified atom stereocenters. The molecule has 0 spiro atoms. The number of rotatable bonds is 14. The molecule has 0 aromatic heterocycles. The van der Waals surface area contributed by atoms with Gasteiger partial charge in [-0.2, -0.15) is 0 Å². The molecule has 3 heteroatoms. The molecule has 0 aromatic carbocycles. The average molecular weight is 391 g/mol. The van der Waals surface area contributed by atoms with Crippen LogP contribution in [0, 0.1) is 0 Å². The molecule has 120 valence electrons. The topological polar surface area (TPSA) is 18.5 Å². The van der Waals surface area contributed by atoms with Crippen molar-refractivity contribution in [1.29, 1.82) is 0 Å². The van der Waals surface area contributed by atoms with Crippen molar-refractivity contribution in [1.82, 2.24) is 0 Å². The SMILES string of the molecule is CCC[CH2][Sn]([CH2]/C=C\OCOC)([CH2]CCC)[CH2]CCC. The van der Waals surface area contributed by atoms with E-state index in [1.165, 1.54) is 43.0 Å². The summed E-state index contributed by atoms with van der Waals surface area (Å²) in [5.41, 5.74) is 0. The van der Waals surface area contributed by atoms with Crippen molar-refractivity contribution in [2.75, 3.05) is 13.9 Å². The van der Waals surface area contributed by atoms with Gasteiger partial charge in [0.2, 0.25) is 0 Å². The summed E-state index contributed by atoms with van der Waals surface area (Å²) in [6.07, 6.45) is 12.5. The van der Waals surface area contributed by atoms with Crippen LogP contribution in [0.1, 0.15) is 59.3 Å². The van der Waals surface area contributed by atoms with Gasteiger partial charge in [0.1, 0.15) is 0 Å². The summed E-state index contributed by atoms with van der Waals surface area (Å²) < 4.78 is 16.3. The normalized spacial score (nSPS) is 12.2. The number of allylic oxidation sites excluding steroid dienone is 1. The van der Waals surface area contributed by atoms with E-state index in [2.05, 4.69) is 26.8 Å². The van der Waals surface area contributed by atoms with Gasteiger partial charge < -0.3 is 0 Å². The Morgan fingerprint density at radius 2 is 1.35 bits per heavy atom. The molecule has 0 saturated heterocycles. The number of ether oxygens (including phenoxy) is 2. The molecule has 0 aliphatic heterocycles. The number of unbranched alkanes of at least 4 members (excludes halogenated alkanes) is 3. The first-order valence-electron chi connectivity index (χ1n) is 8.50. The Bertz CT molecular complexity index is 207. The van der Waals surface area contributed by atoms with E-state index in [-0.39, 0.29) is 0 Å². The van der Waals surface area contributed by atoms with Crippen LogP contribution < -0.4 is 0 Å². The van der Waals surface area contributed by atoms with Crippen LogP contribution in [0.3, 0.4) is 0 Å². The van der Waals surface area contributed by atoms with Gasteiger partial charge in [-0.1, -0.05) is 0 Å². The van der Waals surface area contributed by atoms with Crippen LogP contribution >= 0.6 is 0 Å². The summed E-state index contributed by atoms with van der Waals surface area (Å²) in [4.78, 5) is 0. The Balaban J connectivity index is 4.52. The van der Waals surface area contributed by atoms with Crippen LogP contribution in [0.4, 0.5) is 0 Å². The Morgan fingerprint density at radius 1 is 0.850 bits per heavy atom. The fourth-order valence-electron chi connectivity index (χ4n) is 2.81. The van der Waals surface area contributed by atoms with Gasteiger partial charge >= 0.3 is 131 Å². The summed E-state index contributed by atoms with van der Waals surface area (Å²) in [6.45, 7) is 7.35. The predicted octanol–water partition coefficient (Wildman–Crippen LogP) is 5.97. The molecular weight excluding hydrogens is 355 g/mol. The second-order valence-corrected chi connectivity index (χ2v) is 20.0. The second kappa shape index (κ2) is 14.2. The summed E-state index contributed by atoms with van der Waals surface area (Å²) >= 11 is -1.96. The van der Waals surface area contributed by atoms with Gasteiger partial charge in [0.05, 0.1) is 0 Å². The van der Waals surface area contributed by atoms with E-state index in [1.807, 2.05) is 6.26 Å². The van der Waals surface area contributed by atoms with Crippen LogP contribution in [0.15, 0.2) is 12.3 Å². The summed E-state index contributed by atoms with van der Waals surface area (Å²) in [6, 6.07) is 0. The molecule has 0 aliphatic rings. The van der Waals surface area contributed by atoms with Gasteiger partial charge in [-0.15, -0.1) is 0 Å². The second-order valence-electron chi connectivity index (χ2n) is 5.96. The van der Waals surface area contributed by atoms with E-state index in [0.717, 1.165) is 0 Å². The Labute approximate surface area is 131 Å². The third kappa shape index (κ3) is 10.1. The first-order chi connectivity index (χ1) is 9.74. The molecule has 0 aromatic rings. The molecule has 2 nitrogen and oxygen atoms in total. The van der Waals surface area contributed by atoms with Gasteiger partial charge in [0, 0.05) is 0 Å². The van der Waals surface area contributed by atoms with Gasteiger partial charge in [0.25, 0.3) is 0 Å². The van der Waals surface area contributed by atoms with Gasteiger partial charge in [-0.05, 0) is 0 Å². The first kappa shape index (κ1) is 20.3. The minimum absolute atomic E-state index is 0.373. The molecule has 0 N–H and O–H groups in total. The zero-order valence-corrected chi connectivity index (χ0v) is 17.1. The standard InChI is InChI=1S/C5H9O2.3C4H9.Sn/c1-3-4-7-5-6-2;3*1-3-4-2;/h3-4H,1,5H2,2H3;3*1,3-4H2,2H3;/b4-3-;;;;. The van der Waals surface area contributed by atoms with Crippen LogP contribution in [-0.2, 0) is 9.47 Å². The van der Waals surface area contributed by atoms with E-state index in [4.69, 9.17) is 9.47 Å². The molecule has 0 bridgehead atoms. The van der Waals surface area contributed by atoms with Crippen LogP contribution in [0.5, 0.6) is 0 Å². The molecule has 0 saturated carbocycles. The van der Waals surface area contributed by atoms with Crippen molar-refractivity contribution >= 4 is 18.4 Å². The third-order valence-corrected chi connectivity index (χ3v) is 19.4. The molecule has 0 amide bonds. The maximum atomic E-state index is 5.32. The van der Waals surface area contributed by atoms with E-state index < -0.39 is 18.4 Å². The van der Waals surface area contributed by atoms with Gasteiger partial charge in [0.15, 0.2) is 0 Å². The molecule has 0 fully saturated rings. The Morgan fingerprint density at radius 3 is 1.75 bits per heavy atom. The van der Waals surface area contributed by atoms with Crippen molar-refractivity contribution in [2.45, 2.75) is 77.0 Å². The molecule has 0 rings (SSSR count). The minimum atomic E-state index is -1.96. The molecular formula is C17H36O2Sn. The van der Waals surface area contributed by atoms with Crippen molar-refractivity contribution in [2.24, 2.45) is 0 Å². The van der Waals surface area contributed by atoms with Crippen LogP contribution in [-0.4, -0.2) is 32.3 Å². The van der Waals surface area contributed by atoms with Gasteiger partial charge in [-0.25, -0.2) is 0 Å². The van der Waals surface area contributed by atoms with E-state index in [1.54, 1.807) is 20.4 Å². The average Bonchev–Trinajstić information content (AvgIpc) is 2.48. The van der Waals surface area contributed by atoms with Gasteiger partial charge in [-0.3, -0.25) is 0 Å². The molecule has 0 atom stereocenters. The zero-order valence-electron chi connectivity index (χ0n) is 14.2. The van der Waals surface area contributed by atoms with Crippen molar-refractivity contribution in [3.63, 3.8) is 0 Å². The Kier molecular flexibility index (Phi) is 14.5. The monoisotopic (exact) mass is 392 g/mol. The molecule has 0 heterocycles. The fraction of sp³-hybridized carbons (Fsp3) is 0.882. The van der Waals surface area contributed by atoms with Crippen LogP contribution in [0.25, 0.3) is 0 Å². The number of hydrogen-bond acceptors (Lipinski definition) is 2. The molecule has 20 heavy (non-hydrogen) atoms. The summed E-state index contributed by atoms with van der Waals surface area (Å²) in [7, 11) is 1.67. The van der Waals surface area contributed by atoms with E-state index in [9.17, 15) is 0 Å².